The fourth-order valence-electron chi connectivity index (χ4n) is 0.666. The Balaban J connectivity index is 3.31. The molecule has 0 aliphatic rings. The summed E-state index contributed by atoms with van der Waals surface area (Å²) in [7, 11) is 0. The molecule has 0 fully saturated rings. The maximum Gasteiger partial charge on any atom is 0.148 e. The molecule has 0 amide bonds. The van der Waals surface area contributed by atoms with E-state index in [4.69, 9.17) is 11.5 Å². The quantitative estimate of drug-likeness (QED) is 0.666. The van der Waals surface area contributed by atoms with Crippen LogP contribution in [-0.4, -0.2) is 4.98 Å². The topological polar surface area (TPSA) is 64.9 Å². The Morgan fingerprint density at radius 2 is 2.10 bits per heavy atom. The summed E-state index contributed by atoms with van der Waals surface area (Å²) in [5, 5.41) is 0. The van der Waals surface area contributed by atoms with Crippen molar-refractivity contribution >= 4 is 27.4 Å². The summed E-state index contributed by atoms with van der Waals surface area (Å²) < 4.78 is 0.803. The van der Waals surface area contributed by atoms with Gasteiger partial charge >= 0.3 is 0 Å². The molecule has 54 valence electrons. The fraction of sp³-hybridized carbons (Fsp3) is 0.167. The van der Waals surface area contributed by atoms with Gasteiger partial charge in [0.15, 0.2) is 0 Å². The molecule has 1 rings (SSSR count). The van der Waals surface area contributed by atoms with Crippen molar-refractivity contribution in [2.45, 2.75) is 6.92 Å². The second kappa shape index (κ2) is 2.46. The first-order chi connectivity index (χ1) is 4.61. The molecular formula is C6H8BrN3. The van der Waals surface area contributed by atoms with E-state index in [9.17, 15) is 0 Å². The van der Waals surface area contributed by atoms with Gasteiger partial charge in [-0.05, 0) is 28.9 Å². The Labute approximate surface area is 67.6 Å². The molecule has 0 radical (unpaired) electrons. The van der Waals surface area contributed by atoms with Crippen LogP contribution in [0, 0.1) is 6.92 Å². The van der Waals surface area contributed by atoms with Crippen LogP contribution in [0.1, 0.15) is 5.69 Å². The molecule has 1 aromatic rings. The SMILES string of the molecule is Cc1cc(Br)c(N)c(N)n1. The average Bonchev–Trinajstić information content (AvgIpc) is 1.82. The Morgan fingerprint density at radius 1 is 1.50 bits per heavy atom. The first-order valence-electron chi connectivity index (χ1n) is 2.79. The summed E-state index contributed by atoms with van der Waals surface area (Å²) in [6.07, 6.45) is 0. The number of nitrogens with zero attached hydrogens (tertiary/aromatic N) is 1. The van der Waals surface area contributed by atoms with Gasteiger partial charge in [0.25, 0.3) is 0 Å². The lowest BCUT2D eigenvalue weighted by atomic mass is 10.3. The normalized spacial score (nSPS) is 9.80. The van der Waals surface area contributed by atoms with Crippen LogP contribution >= 0.6 is 15.9 Å². The molecule has 10 heavy (non-hydrogen) atoms. The molecule has 0 atom stereocenters. The standard InChI is InChI=1S/C6H8BrN3/c1-3-2-4(7)5(8)6(9)10-3/h2H,8H2,1H3,(H2,9,10). The van der Waals surface area contributed by atoms with E-state index < -0.39 is 0 Å². The molecule has 4 N–H and O–H groups in total. The van der Waals surface area contributed by atoms with Crippen LogP contribution in [0.2, 0.25) is 0 Å². The first-order valence-corrected chi connectivity index (χ1v) is 3.58. The fourth-order valence-corrected chi connectivity index (χ4v) is 1.20. The minimum Gasteiger partial charge on any atom is -0.395 e. The Morgan fingerprint density at radius 3 is 2.60 bits per heavy atom. The molecule has 0 aliphatic heterocycles. The van der Waals surface area contributed by atoms with E-state index in [1.807, 2.05) is 13.0 Å². The minimum atomic E-state index is 0.381. The van der Waals surface area contributed by atoms with Crippen LogP contribution in [0.25, 0.3) is 0 Å². The number of anilines is 2. The van der Waals surface area contributed by atoms with Crippen molar-refractivity contribution < 1.29 is 0 Å². The highest BCUT2D eigenvalue weighted by molar-refractivity contribution is 9.10. The number of aromatic nitrogens is 1. The van der Waals surface area contributed by atoms with Crippen LogP contribution in [0.15, 0.2) is 10.5 Å². The van der Waals surface area contributed by atoms with Gasteiger partial charge in [-0.25, -0.2) is 4.98 Å². The van der Waals surface area contributed by atoms with Gasteiger partial charge < -0.3 is 11.5 Å². The van der Waals surface area contributed by atoms with Gasteiger partial charge in [-0.15, -0.1) is 0 Å². The van der Waals surface area contributed by atoms with Gasteiger partial charge in [0.05, 0.1) is 5.69 Å². The zero-order chi connectivity index (χ0) is 7.72. The molecule has 0 unspecified atom stereocenters. The van der Waals surface area contributed by atoms with Crippen LogP contribution in [-0.2, 0) is 0 Å². The Kier molecular flexibility index (Phi) is 1.80. The zero-order valence-corrected chi connectivity index (χ0v) is 7.14. The summed E-state index contributed by atoms with van der Waals surface area (Å²) in [6, 6.07) is 1.83. The highest BCUT2D eigenvalue weighted by Crippen LogP contribution is 2.23. The molecule has 0 bridgehead atoms. The molecule has 3 nitrogen and oxygen atoms in total. The van der Waals surface area contributed by atoms with E-state index in [2.05, 4.69) is 20.9 Å². The van der Waals surface area contributed by atoms with E-state index in [0.29, 0.717) is 11.5 Å². The van der Waals surface area contributed by atoms with Gasteiger partial charge in [-0.3, -0.25) is 0 Å². The monoisotopic (exact) mass is 201 g/mol. The van der Waals surface area contributed by atoms with Crippen molar-refractivity contribution in [3.8, 4) is 0 Å². The smallest absolute Gasteiger partial charge is 0.148 e. The number of nitrogens with two attached hydrogens (primary N) is 2. The molecular weight excluding hydrogens is 194 g/mol. The maximum absolute atomic E-state index is 5.52. The molecule has 1 aromatic heterocycles. The number of hydrogen-bond acceptors (Lipinski definition) is 3. The van der Waals surface area contributed by atoms with E-state index >= 15 is 0 Å². The minimum absolute atomic E-state index is 0.381. The van der Waals surface area contributed by atoms with Gasteiger partial charge in [0, 0.05) is 10.2 Å². The summed E-state index contributed by atoms with van der Waals surface area (Å²) >= 11 is 3.25. The summed E-state index contributed by atoms with van der Waals surface area (Å²) in [5.41, 5.74) is 12.3. The van der Waals surface area contributed by atoms with Crippen LogP contribution < -0.4 is 11.5 Å². The third-order valence-corrected chi connectivity index (χ3v) is 1.82. The van der Waals surface area contributed by atoms with E-state index in [-0.39, 0.29) is 0 Å². The number of hydrogen-bond donors (Lipinski definition) is 2. The number of rotatable bonds is 0. The first kappa shape index (κ1) is 7.34. The van der Waals surface area contributed by atoms with Crippen LogP contribution in [0.3, 0.4) is 0 Å². The van der Waals surface area contributed by atoms with E-state index in [1.54, 1.807) is 0 Å². The third-order valence-electron chi connectivity index (χ3n) is 1.17. The van der Waals surface area contributed by atoms with E-state index in [0.717, 1.165) is 10.2 Å². The predicted octanol–water partition coefficient (Wildman–Crippen LogP) is 1.32. The average molecular weight is 202 g/mol. The van der Waals surface area contributed by atoms with Crippen molar-refractivity contribution in [2.24, 2.45) is 0 Å². The van der Waals surface area contributed by atoms with Crippen LogP contribution in [0.4, 0.5) is 11.5 Å². The highest BCUT2D eigenvalue weighted by atomic mass is 79.9. The largest absolute Gasteiger partial charge is 0.395 e. The van der Waals surface area contributed by atoms with Crippen LogP contribution in [0.5, 0.6) is 0 Å². The molecule has 0 saturated heterocycles. The van der Waals surface area contributed by atoms with Crippen molar-refractivity contribution in [2.75, 3.05) is 11.5 Å². The summed E-state index contributed by atoms with van der Waals surface area (Å²) in [6.45, 7) is 1.86. The van der Waals surface area contributed by atoms with Gasteiger partial charge in [0.2, 0.25) is 0 Å². The molecule has 0 aliphatic carbocycles. The zero-order valence-electron chi connectivity index (χ0n) is 5.56. The lowest BCUT2D eigenvalue weighted by molar-refractivity contribution is 1.21. The lowest BCUT2D eigenvalue weighted by Gasteiger charge is -2.01. The van der Waals surface area contributed by atoms with E-state index in [1.165, 1.54) is 0 Å². The number of halogens is 1. The molecule has 4 heteroatoms. The number of pyridine rings is 1. The second-order valence-corrected chi connectivity index (χ2v) is 2.90. The number of nitrogen functional groups attached to an aromatic ring is 2. The maximum atomic E-state index is 5.52. The summed E-state index contributed by atoms with van der Waals surface area (Å²) in [4.78, 5) is 3.96. The van der Waals surface area contributed by atoms with Crippen molar-refractivity contribution in [3.05, 3.63) is 16.2 Å². The van der Waals surface area contributed by atoms with Gasteiger partial charge in [-0.2, -0.15) is 0 Å². The molecule has 0 aromatic carbocycles. The predicted molar refractivity (Wildman–Crippen MR) is 45.5 cm³/mol. The molecule has 0 spiro atoms. The lowest BCUT2D eigenvalue weighted by Crippen LogP contribution is -1.99. The highest BCUT2D eigenvalue weighted by Gasteiger charge is 2.00. The van der Waals surface area contributed by atoms with Gasteiger partial charge in [0.1, 0.15) is 5.82 Å². The Hall–Kier alpha value is -0.770. The Bertz CT molecular complexity index is 236. The van der Waals surface area contributed by atoms with Gasteiger partial charge in [-0.1, -0.05) is 0 Å². The second-order valence-electron chi connectivity index (χ2n) is 2.04. The molecule has 0 saturated carbocycles. The van der Waals surface area contributed by atoms with Crippen molar-refractivity contribution in [3.63, 3.8) is 0 Å². The molecule has 1 heterocycles. The third kappa shape index (κ3) is 1.21. The van der Waals surface area contributed by atoms with Crippen molar-refractivity contribution in [1.82, 2.24) is 4.98 Å². The van der Waals surface area contributed by atoms with Crippen molar-refractivity contribution in [1.29, 1.82) is 0 Å². The summed E-state index contributed by atoms with van der Waals surface area (Å²) in [5.74, 6) is 0.381. The number of aryl methyl sites for hydroxylation is 1.